The minimum absolute atomic E-state index is 0.235. The first-order valence-corrected chi connectivity index (χ1v) is 9.60. The van der Waals surface area contributed by atoms with E-state index < -0.39 is 10.0 Å². The number of sulfonamides is 1. The van der Waals surface area contributed by atoms with Gasteiger partial charge in [-0.1, -0.05) is 36.4 Å². The van der Waals surface area contributed by atoms with Crippen molar-refractivity contribution in [2.45, 2.75) is 11.4 Å². The molecule has 0 aromatic heterocycles. The van der Waals surface area contributed by atoms with Gasteiger partial charge in [0.1, 0.15) is 5.75 Å². The van der Waals surface area contributed by atoms with Gasteiger partial charge in [-0.15, -0.1) is 0 Å². The second-order valence-electron chi connectivity index (χ2n) is 5.66. The fourth-order valence-electron chi connectivity index (χ4n) is 2.52. The van der Waals surface area contributed by atoms with Crippen LogP contribution in [0.5, 0.6) is 5.75 Å². The highest BCUT2D eigenvalue weighted by molar-refractivity contribution is 7.92. The van der Waals surface area contributed by atoms with Gasteiger partial charge in [0, 0.05) is 23.5 Å². The molecule has 0 heterocycles. The standard InChI is InChI=1S/C20H20N2O3S/c1-25-20-10-6-5-7-16(20)15-21-17-11-13-18(14-12-17)22-26(23,24)19-8-3-2-4-9-19/h2-14,21-22H,15H2,1H3. The number of ether oxygens (including phenoxy) is 1. The normalized spacial score (nSPS) is 11.0. The quantitative estimate of drug-likeness (QED) is 0.659. The van der Waals surface area contributed by atoms with E-state index in [-0.39, 0.29) is 4.90 Å². The average Bonchev–Trinajstić information content (AvgIpc) is 2.68. The second-order valence-corrected chi connectivity index (χ2v) is 7.34. The molecule has 0 atom stereocenters. The van der Waals surface area contributed by atoms with E-state index in [0.717, 1.165) is 17.0 Å². The first-order chi connectivity index (χ1) is 12.6. The maximum Gasteiger partial charge on any atom is 0.261 e. The molecule has 0 saturated heterocycles. The van der Waals surface area contributed by atoms with Crippen molar-refractivity contribution in [1.82, 2.24) is 0 Å². The largest absolute Gasteiger partial charge is 0.496 e. The summed E-state index contributed by atoms with van der Waals surface area (Å²) in [6, 6.07) is 23.2. The van der Waals surface area contributed by atoms with Crippen LogP contribution in [-0.2, 0) is 16.6 Å². The molecule has 2 N–H and O–H groups in total. The summed E-state index contributed by atoms with van der Waals surface area (Å²) in [6.07, 6.45) is 0. The zero-order valence-electron chi connectivity index (χ0n) is 14.3. The van der Waals surface area contributed by atoms with E-state index in [9.17, 15) is 8.42 Å². The molecular weight excluding hydrogens is 348 g/mol. The first kappa shape index (κ1) is 17.8. The second kappa shape index (κ2) is 7.93. The van der Waals surface area contributed by atoms with Gasteiger partial charge in [-0.25, -0.2) is 8.42 Å². The fourth-order valence-corrected chi connectivity index (χ4v) is 3.60. The number of rotatable bonds is 7. The Hall–Kier alpha value is -2.99. The molecule has 5 nitrogen and oxygen atoms in total. The number of hydrogen-bond acceptors (Lipinski definition) is 4. The van der Waals surface area contributed by atoms with E-state index in [1.165, 1.54) is 0 Å². The Kier molecular flexibility index (Phi) is 5.43. The average molecular weight is 368 g/mol. The maximum absolute atomic E-state index is 12.3. The number of para-hydroxylation sites is 1. The van der Waals surface area contributed by atoms with Gasteiger partial charge in [0.05, 0.1) is 12.0 Å². The maximum atomic E-state index is 12.3. The van der Waals surface area contributed by atoms with Crippen LogP contribution in [0.4, 0.5) is 11.4 Å². The molecule has 0 aliphatic rings. The molecule has 0 spiro atoms. The summed E-state index contributed by atoms with van der Waals surface area (Å²) in [7, 11) is -1.93. The highest BCUT2D eigenvalue weighted by Crippen LogP contribution is 2.21. The van der Waals surface area contributed by atoms with Crippen LogP contribution in [-0.4, -0.2) is 15.5 Å². The van der Waals surface area contributed by atoms with Gasteiger partial charge in [-0.05, 0) is 42.5 Å². The van der Waals surface area contributed by atoms with Crippen molar-refractivity contribution in [3.63, 3.8) is 0 Å². The summed E-state index contributed by atoms with van der Waals surface area (Å²) in [4.78, 5) is 0.235. The fraction of sp³-hybridized carbons (Fsp3) is 0.100. The Balaban J connectivity index is 1.65. The highest BCUT2D eigenvalue weighted by Gasteiger charge is 2.13. The molecule has 3 aromatic carbocycles. The summed E-state index contributed by atoms with van der Waals surface area (Å²) in [5.74, 6) is 0.826. The molecule has 0 unspecified atom stereocenters. The number of methoxy groups -OCH3 is 1. The molecule has 0 amide bonds. The molecule has 6 heteroatoms. The van der Waals surface area contributed by atoms with Crippen molar-refractivity contribution >= 4 is 21.4 Å². The van der Waals surface area contributed by atoms with E-state index >= 15 is 0 Å². The lowest BCUT2D eigenvalue weighted by Gasteiger charge is -2.12. The monoisotopic (exact) mass is 368 g/mol. The Morgan fingerprint density at radius 3 is 2.12 bits per heavy atom. The van der Waals surface area contributed by atoms with E-state index in [1.807, 2.05) is 36.4 Å². The predicted molar refractivity (Wildman–Crippen MR) is 104 cm³/mol. The molecular formula is C20H20N2O3S. The highest BCUT2D eigenvalue weighted by atomic mass is 32.2. The van der Waals surface area contributed by atoms with Crippen LogP contribution in [0.2, 0.25) is 0 Å². The van der Waals surface area contributed by atoms with Crippen LogP contribution < -0.4 is 14.8 Å². The Morgan fingerprint density at radius 1 is 0.808 bits per heavy atom. The minimum atomic E-state index is -3.58. The smallest absolute Gasteiger partial charge is 0.261 e. The Morgan fingerprint density at radius 2 is 1.42 bits per heavy atom. The summed E-state index contributed by atoms with van der Waals surface area (Å²) < 4.78 is 32.6. The van der Waals surface area contributed by atoms with Crippen molar-refractivity contribution in [3.8, 4) is 5.75 Å². The molecule has 3 aromatic rings. The van der Waals surface area contributed by atoms with Gasteiger partial charge in [0.15, 0.2) is 0 Å². The van der Waals surface area contributed by atoms with Crippen LogP contribution in [0.1, 0.15) is 5.56 Å². The number of benzene rings is 3. The molecule has 0 aliphatic carbocycles. The van der Waals surface area contributed by atoms with Gasteiger partial charge in [-0.2, -0.15) is 0 Å². The van der Waals surface area contributed by atoms with E-state index in [4.69, 9.17) is 4.74 Å². The van der Waals surface area contributed by atoms with Crippen LogP contribution >= 0.6 is 0 Å². The molecule has 26 heavy (non-hydrogen) atoms. The van der Waals surface area contributed by atoms with Gasteiger partial charge in [0.2, 0.25) is 0 Å². The minimum Gasteiger partial charge on any atom is -0.496 e. The topological polar surface area (TPSA) is 67.4 Å². The molecule has 134 valence electrons. The summed E-state index contributed by atoms with van der Waals surface area (Å²) in [6.45, 7) is 0.610. The van der Waals surface area contributed by atoms with Gasteiger partial charge in [-0.3, -0.25) is 4.72 Å². The molecule has 0 bridgehead atoms. The lowest BCUT2D eigenvalue weighted by Crippen LogP contribution is -2.12. The summed E-state index contributed by atoms with van der Waals surface area (Å²) >= 11 is 0. The lowest BCUT2D eigenvalue weighted by atomic mass is 10.2. The zero-order chi connectivity index (χ0) is 18.4. The first-order valence-electron chi connectivity index (χ1n) is 8.12. The molecule has 0 aliphatic heterocycles. The third-order valence-electron chi connectivity index (χ3n) is 3.87. The summed E-state index contributed by atoms with van der Waals surface area (Å²) in [5, 5.41) is 3.30. The SMILES string of the molecule is COc1ccccc1CNc1ccc(NS(=O)(=O)c2ccccc2)cc1. The molecule has 0 radical (unpaired) electrons. The number of nitrogens with one attached hydrogen (secondary N) is 2. The molecule has 0 saturated carbocycles. The van der Waals surface area contributed by atoms with E-state index in [1.54, 1.807) is 49.6 Å². The van der Waals surface area contributed by atoms with Gasteiger partial charge >= 0.3 is 0 Å². The van der Waals surface area contributed by atoms with Crippen molar-refractivity contribution in [1.29, 1.82) is 0 Å². The predicted octanol–water partition coefficient (Wildman–Crippen LogP) is 4.11. The van der Waals surface area contributed by atoms with Crippen LogP contribution in [0, 0.1) is 0 Å². The lowest BCUT2D eigenvalue weighted by molar-refractivity contribution is 0.410. The zero-order valence-corrected chi connectivity index (χ0v) is 15.2. The van der Waals surface area contributed by atoms with Crippen LogP contribution in [0.25, 0.3) is 0 Å². The molecule has 0 fully saturated rings. The van der Waals surface area contributed by atoms with E-state index in [2.05, 4.69) is 10.0 Å². The van der Waals surface area contributed by atoms with Crippen molar-refractivity contribution in [2.24, 2.45) is 0 Å². The Bertz CT molecular complexity index is 956. The number of anilines is 2. The Labute approximate surface area is 153 Å². The number of hydrogen-bond donors (Lipinski definition) is 2. The van der Waals surface area contributed by atoms with Gasteiger partial charge in [0.25, 0.3) is 10.0 Å². The van der Waals surface area contributed by atoms with Crippen molar-refractivity contribution < 1.29 is 13.2 Å². The van der Waals surface area contributed by atoms with Crippen molar-refractivity contribution in [3.05, 3.63) is 84.4 Å². The third kappa shape index (κ3) is 4.34. The van der Waals surface area contributed by atoms with Crippen LogP contribution in [0.15, 0.2) is 83.8 Å². The van der Waals surface area contributed by atoms with Crippen LogP contribution in [0.3, 0.4) is 0 Å². The third-order valence-corrected chi connectivity index (χ3v) is 5.26. The van der Waals surface area contributed by atoms with E-state index in [0.29, 0.717) is 12.2 Å². The van der Waals surface area contributed by atoms with Crippen molar-refractivity contribution in [2.75, 3.05) is 17.1 Å². The molecule has 3 rings (SSSR count). The summed E-state index contributed by atoms with van der Waals surface area (Å²) in [5.41, 5.74) is 2.44. The van der Waals surface area contributed by atoms with Gasteiger partial charge < -0.3 is 10.1 Å².